The summed E-state index contributed by atoms with van der Waals surface area (Å²) in [6.07, 6.45) is 0. The smallest absolute Gasteiger partial charge is 0.322 e. The van der Waals surface area contributed by atoms with E-state index in [1.54, 1.807) is 0 Å². The molecular weight excluding hydrogens is 258 g/mol. The van der Waals surface area contributed by atoms with E-state index in [9.17, 15) is 18.0 Å². The molecule has 0 radical (unpaired) electrons. The second-order valence-electron chi connectivity index (χ2n) is 3.07. The van der Waals surface area contributed by atoms with E-state index in [0.717, 1.165) is 11.4 Å². The lowest BCUT2D eigenvalue weighted by atomic mass is 10.4. The summed E-state index contributed by atoms with van der Waals surface area (Å²) in [5, 5.41) is 8.80. The predicted molar refractivity (Wildman–Crippen MR) is 56.4 cm³/mol. The largest absolute Gasteiger partial charge is 0.480 e. The van der Waals surface area contributed by atoms with Crippen LogP contribution in [0.2, 0.25) is 0 Å². The summed E-state index contributed by atoms with van der Waals surface area (Å²) in [6, 6.07) is -1.10. The average molecular weight is 269 g/mol. The molecule has 1 saturated heterocycles. The van der Waals surface area contributed by atoms with Crippen LogP contribution in [0.4, 0.5) is 0 Å². The van der Waals surface area contributed by atoms with Crippen molar-refractivity contribution < 1.29 is 27.9 Å². The first kappa shape index (κ1) is 13.3. The summed E-state index contributed by atoms with van der Waals surface area (Å²) in [7, 11) is -2.83. The molecule has 1 rings (SSSR count). The Labute approximate surface area is 96.8 Å². The molecule has 1 N–H and O–H groups in total. The fourth-order valence-corrected chi connectivity index (χ4v) is 4.29. The number of nitrogens with zero attached hydrogens (tertiary/aromatic N) is 1. The van der Waals surface area contributed by atoms with Gasteiger partial charge in [-0.2, -0.15) is 4.31 Å². The summed E-state index contributed by atoms with van der Waals surface area (Å²) in [5.74, 6) is -2.70. The molecule has 0 aliphatic carbocycles. The topological polar surface area (TPSA) is 101 Å². The van der Waals surface area contributed by atoms with Gasteiger partial charge < -0.3 is 9.84 Å². The number of thioether (sulfide) groups is 1. The summed E-state index contributed by atoms with van der Waals surface area (Å²) in [4.78, 5) is 21.7. The number of hydrogen-bond donors (Lipinski definition) is 1. The first-order valence-corrected chi connectivity index (χ1v) is 7.01. The molecule has 92 valence electrons. The molecule has 1 atom stereocenters. The molecule has 16 heavy (non-hydrogen) atoms. The van der Waals surface area contributed by atoms with Gasteiger partial charge in [0.1, 0.15) is 6.04 Å². The van der Waals surface area contributed by atoms with Gasteiger partial charge in [-0.15, -0.1) is 11.8 Å². The molecule has 1 heterocycles. The van der Waals surface area contributed by atoms with Gasteiger partial charge in [0.05, 0.1) is 13.0 Å². The number of carboxylic acids is 1. The molecule has 1 aliphatic rings. The van der Waals surface area contributed by atoms with E-state index in [2.05, 4.69) is 4.74 Å². The molecule has 0 bridgehead atoms. The zero-order valence-corrected chi connectivity index (χ0v) is 10.1. The van der Waals surface area contributed by atoms with E-state index in [1.807, 2.05) is 0 Å². The summed E-state index contributed by atoms with van der Waals surface area (Å²) in [6.45, 7) is 0. The van der Waals surface area contributed by atoms with Gasteiger partial charge in [0, 0.05) is 5.75 Å². The van der Waals surface area contributed by atoms with E-state index >= 15 is 0 Å². The second kappa shape index (κ2) is 5.02. The van der Waals surface area contributed by atoms with Crippen LogP contribution in [0, 0.1) is 0 Å². The SMILES string of the molecule is COC(=O)CS(=O)(=O)N1CSCC1C(=O)O. The Bertz CT molecular complexity index is 392. The summed E-state index contributed by atoms with van der Waals surface area (Å²) >= 11 is 1.19. The fraction of sp³-hybridized carbons (Fsp3) is 0.714. The highest BCUT2D eigenvalue weighted by atomic mass is 32.2. The van der Waals surface area contributed by atoms with Crippen LogP contribution in [0.1, 0.15) is 0 Å². The quantitative estimate of drug-likeness (QED) is 0.650. The molecule has 0 aromatic heterocycles. The molecule has 9 heteroatoms. The van der Waals surface area contributed by atoms with Crippen LogP contribution >= 0.6 is 11.8 Å². The first-order valence-electron chi connectivity index (χ1n) is 4.25. The maximum Gasteiger partial charge on any atom is 0.322 e. The van der Waals surface area contributed by atoms with Crippen LogP contribution in [0.15, 0.2) is 0 Å². The van der Waals surface area contributed by atoms with Crippen molar-refractivity contribution in [3.63, 3.8) is 0 Å². The zero-order valence-electron chi connectivity index (χ0n) is 8.45. The Morgan fingerprint density at radius 1 is 1.56 bits per heavy atom. The molecule has 1 fully saturated rings. The number of methoxy groups -OCH3 is 1. The van der Waals surface area contributed by atoms with Crippen LogP contribution in [-0.2, 0) is 24.3 Å². The lowest BCUT2D eigenvalue weighted by Gasteiger charge is -2.18. The monoisotopic (exact) mass is 269 g/mol. The van der Waals surface area contributed by atoms with Crippen molar-refractivity contribution >= 4 is 33.7 Å². The van der Waals surface area contributed by atoms with Gasteiger partial charge in [-0.3, -0.25) is 9.59 Å². The zero-order chi connectivity index (χ0) is 12.3. The van der Waals surface area contributed by atoms with Gasteiger partial charge in [0.15, 0.2) is 5.75 Å². The first-order chi connectivity index (χ1) is 7.38. The Kier molecular flexibility index (Phi) is 4.16. The van der Waals surface area contributed by atoms with Crippen LogP contribution in [0.5, 0.6) is 0 Å². The summed E-state index contributed by atoms with van der Waals surface area (Å²) < 4.78 is 28.4. The normalized spacial score (nSPS) is 21.9. The minimum atomic E-state index is -3.91. The van der Waals surface area contributed by atoms with Crippen LogP contribution in [0.3, 0.4) is 0 Å². The highest BCUT2D eigenvalue weighted by Gasteiger charge is 2.40. The van der Waals surface area contributed by atoms with Crippen molar-refractivity contribution in [3.05, 3.63) is 0 Å². The number of rotatable bonds is 4. The van der Waals surface area contributed by atoms with Gasteiger partial charge in [0.2, 0.25) is 10.0 Å². The van der Waals surface area contributed by atoms with Gasteiger partial charge in [-0.25, -0.2) is 8.42 Å². The Hall–Kier alpha value is -0.800. The van der Waals surface area contributed by atoms with Gasteiger partial charge in [0.25, 0.3) is 0 Å². The standard InChI is InChI=1S/C7H11NO6S2/c1-14-6(9)3-16(12,13)8-4-15-2-5(8)7(10)11/h5H,2-4H2,1H3,(H,10,11). The highest BCUT2D eigenvalue weighted by molar-refractivity contribution is 8.00. The van der Waals surface area contributed by atoms with Crippen molar-refractivity contribution in [1.82, 2.24) is 4.31 Å². The number of carboxylic acid groups (broad SMARTS) is 1. The van der Waals surface area contributed by atoms with Crippen molar-refractivity contribution in [2.45, 2.75) is 6.04 Å². The predicted octanol–water partition coefficient (Wildman–Crippen LogP) is -1.05. The van der Waals surface area contributed by atoms with E-state index in [-0.39, 0.29) is 11.6 Å². The lowest BCUT2D eigenvalue weighted by molar-refractivity contribution is -0.141. The third-order valence-electron chi connectivity index (χ3n) is 2.01. The molecule has 0 amide bonds. The Morgan fingerprint density at radius 3 is 2.69 bits per heavy atom. The second-order valence-corrected chi connectivity index (χ2v) is 5.99. The third kappa shape index (κ3) is 2.86. The number of carbonyl (C=O) groups excluding carboxylic acids is 1. The number of hydrogen-bond acceptors (Lipinski definition) is 6. The van der Waals surface area contributed by atoms with Crippen LogP contribution in [-0.4, -0.2) is 60.3 Å². The summed E-state index contributed by atoms with van der Waals surface area (Å²) in [5.41, 5.74) is 0. The number of carbonyl (C=O) groups is 2. The molecule has 0 spiro atoms. The van der Waals surface area contributed by atoms with E-state index in [4.69, 9.17) is 5.11 Å². The molecule has 0 aromatic rings. The van der Waals surface area contributed by atoms with Crippen LogP contribution < -0.4 is 0 Å². The number of aliphatic carboxylic acids is 1. The lowest BCUT2D eigenvalue weighted by Crippen LogP contribution is -2.44. The highest BCUT2D eigenvalue weighted by Crippen LogP contribution is 2.24. The Balaban J connectivity index is 2.83. The molecule has 1 aliphatic heterocycles. The number of esters is 1. The van der Waals surface area contributed by atoms with Crippen molar-refractivity contribution in [1.29, 1.82) is 0 Å². The Morgan fingerprint density at radius 2 is 2.19 bits per heavy atom. The molecule has 7 nitrogen and oxygen atoms in total. The van der Waals surface area contributed by atoms with Crippen molar-refractivity contribution in [2.24, 2.45) is 0 Å². The molecular formula is C7H11NO6S2. The van der Waals surface area contributed by atoms with Crippen LogP contribution in [0.25, 0.3) is 0 Å². The average Bonchev–Trinajstić information content (AvgIpc) is 2.65. The van der Waals surface area contributed by atoms with Gasteiger partial charge in [-0.05, 0) is 0 Å². The number of sulfonamides is 1. The van der Waals surface area contributed by atoms with Gasteiger partial charge in [-0.1, -0.05) is 0 Å². The third-order valence-corrected chi connectivity index (χ3v) is 4.89. The molecule has 0 aromatic carbocycles. The maximum atomic E-state index is 11.7. The molecule has 1 unspecified atom stereocenters. The fourth-order valence-electron chi connectivity index (χ4n) is 1.19. The maximum absolute atomic E-state index is 11.7. The molecule has 0 saturated carbocycles. The minimum absolute atomic E-state index is 0.0519. The van der Waals surface area contributed by atoms with E-state index in [0.29, 0.717) is 0 Å². The van der Waals surface area contributed by atoms with Crippen molar-refractivity contribution in [2.75, 3.05) is 24.5 Å². The van der Waals surface area contributed by atoms with E-state index < -0.39 is 33.8 Å². The number of ether oxygens (including phenoxy) is 1. The van der Waals surface area contributed by atoms with Crippen molar-refractivity contribution in [3.8, 4) is 0 Å². The van der Waals surface area contributed by atoms with E-state index in [1.165, 1.54) is 11.8 Å². The van der Waals surface area contributed by atoms with Gasteiger partial charge >= 0.3 is 11.9 Å². The minimum Gasteiger partial charge on any atom is -0.480 e.